The Balaban J connectivity index is 1.69. The molecular formula is C24H18BrP. The summed E-state index contributed by atoms with van der Waals surface area (Å²) in [4.78, 5) is 0. The Bertz CT molecular complexity index is 1010. The molecule has 0 saturated heterocycles. The zero-order valence-corrected chi connectivity index (χ0v) is 16.7. The summed E-state index contributed by atoms with van der Waals surface area (Å²) in [6.07, 6.45) is 18.1. The average molecular weight is 417 g/mol. The van der Waals surface area contributed by atoms with Gasteiger partial charge in [-0.2, -0.15) is 0 Å². The standard InChI is InChI=1S/C24H18BrP/c25-24(17-7-10-19-9-6-14-22(19)24)26(20-11-2-1-3-12-20)23-16-15-18-8-4-5-13-21(18)23/h1-17,23H. The van der Waals surface area contributed by atoms with Crippen LogP contribution in [-0.4, -0.2) is 4.07 Å². The lowest BCUT2D eigenvalue weighted by Gasteiger charge is -2.41. The van der Waals surface area contributed by atoms with Gasteiger partial charge in [0.1, 0.15) is 0 Å². The van der Waals surface area contributed by atoms with Crippen molar-refractivity contribution in [2.45, 2.75) is 9.72 Å². The monoisotopic (exact) mass is 416 g/mol. The summed E-state index contributed by atoms with van der Waals surface area (Å²) in [7, 11) is -0.582. The van der Waals surface area contributed by atoms with Crippen LogP contribution in [0, 0.1) is 0 Å². The molecule has 0 aliphatic heterocycles. The van der Waals surface area contributed by atoms with E-state index in [0.717, 1.165) is 0 Å². The molecular weight excluding hydrogens is 399 g/mol. The fourth-order valence-corrected chi connectivity index (χ4v) is 8.94. The minimum absolute atomic E-state index is 0.163. The molecule has 3 atom stereocenters. The van der Waals surface area contributed by atoms with Crippen molar-refractivity contribution in [2.24, 2.45) is 0 Å². The molecule has 0 aromatic heterocycles. The Morgan fingerprint density at radius 3 is 2.54 bits per heavy atom. The van der Waals surface area contributed by atoms with Gasteiger partial charge in [0.05, 0.1) is 4.07 Å². The highest BCUT2D eigenvalue weighted by Crippen LogP contribution is 2.69. The predicted octanol–water partition coefficient (Wildman–Crippen LogP) is 6.65. The molecule has 0 N–H and O–H groups in total. The number of rotatable bonds is 3. The highest BCUT2D eigenvalue weighted by atomic mass is 79.9. The minimum atomic E-state index is -0.582. The molecule has 3 unspecified atom stereocenters. The van der Waals surface area contributed by atoms with Gasteiger partial charge in [-0.25, -0.2) is 0 Å². The van der Waals surface area contributed by atoms with E-state index in [4.69, 9.17) is 0 Å². The molecule has 0 nitrogen and oxygen atoms in total. The van der Waals surface area contributed by atoms with Crippen LogP contribution in [0.4, 0.5) is 0 Å². The Hall–Kier alpha value is -1.95. The average Bonchev–Trinajstić information content (AvgIpc) is 3.31. The third-order valence-electron chi connectivity index (χ3n) is 5.26. The van der Waals surface area contributed by atoms with Crippen LogP contribution in [0.1, 0.15) is 16.8 Å². The first-order valence-electron chi connectivity index (χ1n) is 8.86. The summed E-state index contributed by atoms with van der Waals surface area (Å²) in [5.74, 6) is 0. The first-order valence-corrected chi connectivity index (χ1v) is 11.1. The van der Waals surface area contributed by atoms with Gasteiger partial charge >= 0.3 is 0 Å². The molecule has 3 aliphatic rings. The van der Waals surface area contributed by atoms with Gasteiger partial charge in [0.15, 0.2) is 0 Å². The van der Waals surface area contributed by atoms with Crippen molar-refractivity contribution in [3.05, 3.63) is 119 Å². The van der Waals surface area contributed by atoms with Crippen LogP contribution < -0.4 is 5.30 Å². The van der Waals surface area contributed by atoms with E-state index in [0.29, 0.717) is 5.66 Å². The number of hydrogen-bond donors (Lipinski definition) is 0. The Kier molecular flexibility index (Phi) is 3.96. The zero-order chi connectivity index (χ0) is 17.6. The fourth-order valence-electron chi connectivity index (χ4n) is 4.07. The van der Waals surface area contributed by atoms with Gasteiger partial charge in [-0.15, -0.1) is 0 Å². The molecule has 26 heavy (non-hydrogen) atoms. The molecule has 2 heteroatoms. The summed E-state index contributed by atoms with van der Waals surface area (Å²) in [5, 5.41) is 1.42. The van der Waals surface area contributed by atoms with Gasteiger partial charge in [-0.1, -0.05) is 119 Å². The Morgan fingerprint density at radius 2 is 1.65 bits per heavy atom. The lowest BCUT2D eigenvalue weighted by molar-refractivity contribution is 1.13. The number of hydrogen-bond acceptors (Lipinski definition) is 0. The van der Waals surface area contributed by atoms with Crippen LogP contribution in [0.5, 0.6) is 0 Å². The molecule has 2 aromatic carbocycles. The van der Waals surface area contributed by atoms with E-state index in [-0.39, 0.29) is 4.07 Å². The second-order valence-electron chi connectivity index (χ2n) is 6.73. The van der Waals surface area contributed by atoms with Crippen molar-refractivity contribution >= 4 is 35.2 Å². The second kappa shape index (κ2) is 6.34. The van der Waals surface area contributed by atoms with E-state index >= 15 is 0 Å². The first kappa shape index (κ1) is 16.2. The molecule has 126 valence electrons. The van der Waals surface area contributed by atoms with Crippen molar-refractivity contribution in [3.8, 4) is 0 Å². The largest absolute Gasteiger partial charge is 0.0937 e. The van der Waals surface area contributed by atoms with Crippen molar-refractivity contribution in [1.29, 1.82) is 0 Å². The van der Waals surface area contributed by atoms with E-state index in [1.54, 1.807) is 0 Å². The van der Waals surface area contributed by atoms with E-state index in [1.807, 2.05) is 0 Å². The third kappa shape index (κ3) is 2.46. The maximum absolute atomic E-state index is 4.23. The van der Waals surface area contributed by atoms with E-state index in [9.17, 15) is 0 Å². The molecule has 0 bridgehead atoms. The third-order valence-corrected chi connectivity index (χ3v) is 10.0. The molecule has 3 aliphatic carbocycles. The minimum Gasteiger partial charge on any atom is -0.0717 e. The fraction of sp³-hybridized carbons (Fsp3) is 0.0833. The first-order chi connectivity index (χ1) is 12.8. The molecule has 0 spiro atoms. The summed E-state index contributed by atoms with van der Waals surface area (Å²) in [6.45, 7) is 0. The van der Waals surface area contributed by atoms with Crippen molar-refractivity contribution in [3.63, 3.8) is 0 Å². The molecule has 2 aromatic rings. The molecule has 0 saturated carbocycles. The van der Waals surface area contributed by atoms with Crippen LogP contribution >= 0.6 is 23.9 Å². The summed E-state index contributed by atoms with van der Waals surface area (Å²) in [5.41, 5.74) is 5.90. The van der Waals surface area contributed by atoms with Gasteiger partial charge < -0.3 is 0 Å². The van der Waals surface area contributed by atoms with Crippen LogP contribution in [0.15, 0.2) is 108 Å². The molecule has 0 heterocycles. The van der Waals surface area contributed by atoms with Crippen LogP contribution in [0.25, 0.3) is 6.08 Å². The van der Waals surface area contributed by atoms with Crippen molar-refractivity contribution in [2.75, 3.05) is 0 Å². The predicted molar refractivity (Wildman–Crippen MR) is 117 cm³/mol. The summed E-state index contributed by atoms with van der Waals surface area (Å²) in [6, 6.07) is 19.8. The lowest BCUT2D eigenvalue weighted by Crippen LogP contribution is -2.28. The van der Waals surface area contributed by atoms with Gasteiger partial charge in [0.25, 0.3) is 0 Å². The van der Waals surface area contributed by atoms with E-state index < -0.39 is 7.92 Å². The zero-order valence-electron chi connectivity index (χ0n) is 14.2. The van der Waals surface area contributed by atoms with E-state index in [2.05, 4.69) is 119 Å². The molecule has 5 rings (SSSR count). The highest BCUT2D eigenvalue weighted by molar-refractivity contribution is 9.11. The second-order valence-corrected chi connectivity index (χ2v) is 11.1. The quantitative estimate of drug-likeness (QED) is 0.388. The van der Waals surface area contributed by atoms with Gasteiger partial charge in [0, 0.05) is 5.66 Å². The highest BCUT2D eigenvalue weighted by Gasteiger charge is 2.45. The SMILES string of the molecule is BrC1(P(c2ccccc2)C2C=Cc3ccccc32)C=CC=C2C=CC=C21. The summed E-state index contributed by atoms with van der Waals surface area (Å²) >= 11 is 4.23. The molecule has 0 radical (unpaired) electrons. The van der Waals surface area contributed by atoms with Crippen LogP contribution in [0.2, 0.25) is 0 Å². The topological polar surface area (TPSA) is 0 Å². The normalized spacial score (nSPS) is 26.3. The summed E-state index contributed by atoms with van der Waals surface area (Å²) < 4.78 is -0.163. The van der Waals surface area contributed by atoms with Crippen molar-refractivity contribution < 1.29 is 0 Å². The van der Waals surface area contributed by atoms with E-state index in [1.165, 1.54) is 27.6 Å². The Labute approximate surface area is 164 Å². The van der Waals surface area contributed by atoms with Crippen molar-refractivity contribution in [1.82, 2.24) is 0 Å². The molecule has 0 fully saturated rings. The lowest BCUT2D eigenvalue weighted by atomic mass is 10.0. The number of benzene rings is 2. The van der Waals surface area contributed by atoms with Gasteiger partial charge in [-0.3, -0.25) is 0 Å². The smallest absolute Gasteiger partial charge is 0.0717 e. The number of halogens is 1. The van der Waals surface area contributed by atoms with Gasteiger partial charge in [-0.05, 0) is 35.5 Å². The molecule has 0 amide bonds. The van der Waals surface area contributed by atoms with Crippen LogP contribution in [-0.2, 0) is 0 Å². The maximum Gasteiger partial charge on any atom is 0.0937 e. The number of fused-ring (bicyclic) bond motifs is 2. The number of allylic oxidation sites excluding steroid dienone is 9. The number of alkyl halides is 1. The van der Waals surface area contributed by atoms with Gasteiger partial charge in [0.2, 0.25) is 0 Å². The maximum atomic E-state index is 4.23. The van der Waals surface area contributed by atoms with Crippen LogP contribution in [0.3, 0.4) is 0 Å². The Morgan fingerprint density at radius 1 is 0.846 bits per heavy atom.